The maximum Gasteiger partial charge on any atom is 0.211 e. The Kier molecular flexibility index (Phi) is 6.26. The van der Waals surface area contributed by atoms with Crippen molar-refractivity contribution >= 4 is 21.8 Å². The van der Waals surface area contributed by atoms with Crippen molar-refractivity contribution in [1.82, 2.24) is 4.72 Å². The second-order valence-corrected chi connectivity index (χ2v) is 7.93. The zero-order chi connectivity index (χ0) is 12.8. The van der Waals surface area contributed by atoms with E-state index in [1.54, 1.807) is 11.8 Å². The summed E-state index contributed by atoms with van der Waals surface area (Å²) in [5.41, 5.74) is 5.36. The molecular weight excluding hydrogens is 256 g/mol. The summed E-state index contributed by atoms with van der Waals surface area (Å²) in [5.74, 6) is 0.203. The predicted octanol–water partition coefficient (Wildman–Crippen LogP) is 1.32. The third kappa shape index (κ3) is 5.16. The van der Waals surface area contributed by atoms with Crippen LogP contribution in [0.1, 0.15) is 38.5 Å². The number of nitrogens with two attached hydrogens (primary N) is 1. The van der Waals surface area contributed by atoms with Gasteiger partial charge in [0.2, 0.25) is 10.0 Å². The molecule has 0 aromatic rings. The van der Waals surface area contributed by atoms with E-state index in [9.17, 15) is 8.42 Å². The third-order valence-corrected chi connectivity index (χ3v) is 6.26. The molecule has 1 fully saturated rings. The SMILES string of the molecule is CSC1(CNS(=O)(=O)CCCCN)CCCC1. The quantitative estimate of drug-likeness (QED) is 0.658. The lowest BCUT2D eigenvalue weighted by molar-refractivity contribution is 0.548. The lowest BCUT2D eigenvalue weighted by Crippen LogP contribution is -2.39. The first-order chi connectivity index (χ1) is 8.04. The first-order valence-corrected chi connectivity index (χ1v) is 9.14. The first-order valence-electron chi connectivity index (χ1n) is 6.26. The Balaban J connectivity index is 2.37. The molecule has 102 valence electrons. The van der Waals surface area contributed by atoms with Gasteiger partial charge in [0.25, 0.3) is 0 Å². The van der Waals surface area contributed by atoms with Crippen LogP contribution >= 0.6 is 11.8 Å². The topological polar surface area (TPSA) is 72.2 Å². The van der Waals surface area contributed by atoms with E-state index in [0.717, 1.165) is 19.3 Å². The van der Waals surface area contributed by atoms with Crippen LogP contribution in [0.5, 0.6) is 0 Å². The normalized spacial score (nSPS) is 19.6. The lowest BCUT2D eigenvalue weighted by atomic mass is 10.1. The standard InChI is InChI=1S/C11H24N2O2S2/c1-16-11(6-2-3-7-11)10-13-17(14,15)9-5-4-8-12/h13H,2-10,12H2,1H3. The molecule has 1 aliphatic rings. The summed E-state index contributed by atoms with van der Waals surface area (Å²) in [5, 5.41) is 0. The summed E-state index contributed by atoms with van der Waals surface area (Å²) in [7, 11) is -3.11. The molecular formula is C11H24N2O2S2. The molecule has 1 rings (SSSR count). The molecule has 1 saturated carbocycles. The smallest absolute Gasteiger partial charge is 0.211 e. The fraction of sp³-hybridized carbons (Fsp3) is 1.00. The van der Waals surface area contributed by atoms with Crippen LogP contribution in [0.4, 0.5) is 0 Å². The molecule has 1 aliphatic carbocycles. The molecule has 17 heavy (non-hydrogen) atoms. The first kappa shape index (κ1) is 15.3. The molecule has 0 bridgehead atoms. The molecule has 0 aromatic carbocycles. The minimum Gasteiger partial charge on any atom is -0.330 e. The molecule has 0 amide bonds. The van der Waals surface area contributed by atoms with Crippen LogP contribution in [0.15, 0.2) is 0 Å². The van der Waals surface area contributed by atoms with E-state index < -0.39 is 10.0 Å². The van der Waals surface area contributed by atoms with Gasteiger partial charge in [0.1, 0.15) is 0 Å². The average Bonchev–Trinajstić information content (AvgIpc) is 2.76. The molecule has 0 heterocycles. The second kappa shape index (κ2) is 6.97. The average molecular weight is 280 g/mol. The highest BCUT2D eigenvalue weighted by molar-refractivity contribution is 8.00. The molecule has 6 heteroatoms. The lowest BCUT2D eigenvalue weighted by Gasteiger charge is -2.26. The van der Waals surface area contributed by atoms with Gasteiger partial charge in [0, 0.05) is 11.3 Å². The molecule has 0 unspecified atom stereocenters. The molecule has 0 atom stereocenters. The molecule has 0 spiro atoms. The van der Waals surface area contributed by atoms with Gasteiger partial charge in [-0.25, -0.2) is 13.1 Å². The number of thioether (sulfide) groups is 1. The van der Waals surface area contributed by atoms with Gasteiger partial charge in [0.15, 0.2) is 0 Å². The van der Waals surface area contributed by atoms with Gasteiger partial charge < -0.3 is 5.73 Å². The molecule has 0 aromatic heterocycles. The molecule has 3 N–H and O–H groups in total. The van der Waals surface area contributed by atoms with Crippen molar-refractivity contribution in [2.24, 2.45) is 5.73 Å². The van der Waals surface area contributed by atoms with Crippen LogP contribution in [-0.4, -0.2) is 38.3 Å². The highest BCUT2D eigenvalue weighted by Gasteiger charge is 2.33. The summed E-state index contributed by atoms with van der Waals surface area (Å²) >= 11 is 1.80. The van der Waals surface area contributed by atoms with Crippen LogP contribution < -0.4 is 10.5 Å². The number of rotatable bonds is 8. The monoisotopic (exact) mass is 280 g/mol. The Morgan fingerprint density at radius 1 is 1.29 bits per heavy atom. The third-order valence-electron chi connectivity index (χ3n) is 3.43. The summed E-state index contributed by atoms with van der Waals surface area (Å²) in [6, 6.07) is 0. The highest BCUT2D eigenvalue weighted by atomic mass is 32.2. The zero-order valence-corrected chi connectivity index (χ0v) is 12.2. The zero-order valence-electron chi connectivity index (χ0n) is 10.6. The fourth-order valence-electron chi connectivity index (χ4n) is 2.22. The van der Waals surface area contributed by atoms with Gasteiger partial charge in [-0.05, 0) is 38.5 Å². The Morgan fingerprint density at radius 3 is 2.47 bits per heavy atom. The van der Waals surface area contributed by atoms with Crippen molar-refractivity contribution in [1.29, 1.82) is 0 Å². The Bertz CT molecular complexity index is 311. The van der Waals surface area contributed by atoms with Crippen molar-refractivity contribution in [2.45, 2.75) is 43.3 Å². The number of unbranched alkanes of at least 4 members (excludes halogenated alkanes) is 1. The van der Waals surface area contributed by atoms with Crippen molar-refractivity contribution in [2.75, 3.05) is 25.1 Å². The largest absolute Gasteiger partial charge is 0.330 e. The summed E-state index contributed by atoms with van der Waals surface area (Å²) in [6.45, 7) is 1.14. The van der Waals surface area contributed by atoms with E-state index in [1.807, 2.05) is 0 Å². The van der Waals surface area contributed by atoms with Crippen molar-refractivity contribution in [3.8, 4) is 0 Å². The molecule has 0 radical (unpaired) electrons. The van der Waals surface area contributed by atoms with Crippen molar-refractivity contribution in [3.05, 3.63) is 0 Å². The van der Waals surface area contributed by atoms with Crippen LogP contribution in [0.2, 0.25) is 0 Å². The molecule has 0 aliphatic heterocycles. The van der Waals surface area contributed by atoms with Crippen LogP contribution in [0.25, 0.3) is 0 Å². The number of sulfonamides is 1. The van der Waals surface area contributed by atoms with E-state index in [-0.39, 0.29) is 10.5 Å². The summed E-state index contributed by atoms with van der Waals surface area (Å²) in [4.78, 5) is 0. The fourth-order valence-corrected chi connectivity index (χ4v) is 4.45. The van der Waals surface area contributed by atoms with E-state index >= 15 is 0 Å². The van der Waals surface area contributed by atoms with Crippen molar-refractivity contribution < 1.29 is 8.42 Å². The minimum atomic E-state index is -3.11. The Labute approximate surface area is 109 Å². The number of nitrogens with one attached hydrogen (secondary N) is 1. The van der Waals surface area contributed by atoms with Crippen molar-refractivity contribution in [3.63, 3.8) is 0 Å². The van der Waals surface area contributed by atoms with Crippen LogP contribution in [-0.2, 0) is 10.0 Å². The van der Waals surface area contributed by atoms with Gasteiger partial charge >= 0.3 is 0 Å². The van der Waals surface area contributed by atoms with Gasteiger partial charge in [-0.15, -0.1) is 0 Å². The van der Waals surface area contributed by atoms with Gasteiger partial charge in [-0.2, -0.15) is 11.8 Å². The van der Waals surface area contributed by atoms with Crippen LogP contribution in [0.3, 0.4) is 0 Å². The Hall–Kier alpha value is 0.220. The molecule has 4 nitrogen and oxygen atoms in total. The van der Waals surface area contributed by atoms with E-state index in [0.29, 0.717) is 19.5 Å². The molecule has 0 saturated heterocycles. The predicted molar refractivity (Wildman–Crippen MR) is 74.8 cm³/mol. The maximum atomic E-state index is 11.8. The number of hydrogen-bond donors (Lipinski definition) is 2. The van der Waals surface area contributed by atoms with E-state index in [1.165, 1.54) is 12.8 Å². The van der Waals surface area contributed by atoms with Crippen LogP contribution in [0, 0.1) is 0 Å². The summed E-state index contributed by atoms with van der Waals surface area (Å²) < 4.78 is 26.4. The highest BCUT2D eigenvalue weighted by Crippen LogP contribution is 2.39. The second-order valence-electron chi connectivity index (χ2n) is 4.73. The van der Waals surface area contributed by atoms with E-state index in [2.05, 4.69) is 11.0 Å². The van der Waals surface area contributed by atoms with Gasteiger partial charge in [-0.1, -0.05) is 12.8 Å². The minimum absolute atomic E-state index is 0.140. The summed E-state index contributed by atoms with van der Waals surface area (Å²) in [6.07, 6.45) is 8.19. The van der Waals surface area contributed by atoms with E-state index in [4.69, 9.17) is 5.73 Å². The maximum absolute atomic E-state index is 11.8. The van der Waals surface area contributed by atoms with Gasteiger partial charge in [0.05, 0.1) is 5.75 Å². The number of hydrogen-bond acceptors (Lipinski definition) is 4. The van der Waals surface area contributed by atoms with Gasteiger partial charge in [-0.3, -0.25) is 0 Å². The Morgan fingerprint density at radius 2 is 1.94 bits per heavy atom.